The predicted molar refractivity (Wildman–Crippen MR) is 51.3 cm³/mol. The molecule has 3 heteroatoms. The van der Waals surface area contributed by atoms with Gasteiger partial charge in [-0.2, -0.15) is 0 Å². The second kappa shape index (κ2) is 2.83. The quantitative estimate of drug-likeness (QED) is 0.627. The summed E-state index contributed by atoms with van der Waals surface area (Å²) in [7, 11) is 0. The van der Waals surface area contributed by atoms with Gasteiger partial charge in [0.1, 0.15) is 5.84 Å². The van der Waals surface area contributed by atoms with Crippen LogP contribution < -0.4 is 0 Å². The van der Waals surface area contributed by atoms with Crippen molar-refractivity contribution >= 4 is 11.7 Å². The van der Waals surface area contributed by atoms with Crippen molar-refractivity contribution in [1.82, 2.24) is 4.90 Å². The number of nitrogens with zero attached hydrogens (tertiary/aromatic N) is 2. The summed E-state index contributed by atoms with van der Waals surface area (Å²) in [5.74, 6) is 0.948. The molecule has 0 N–H and O–H groups in total. The van der Waals surface area contributed by atoms with Gasteiger partial charge in [-0.05, 0) is 19.4 Å². The zero-order valence-electron chi connectivity index (χ0n) is 7.87. The van der Waals surface area contributed by atoms with Crippen LogP contribution in [0.15, 0.2) is 28.4 Å². The lowest BCUT2D eigenvalue weighted by molar-refractivity contribution is -0.122. The molecule has 0 radical (unpaired) electrons. The van der Waals surface area contributed by atoms with Crippen LogP contribution in [0.4, 0.5) is 0 Å². The maximum absolute atomic E-state index is 11.7. The van der Waals surface area contributed by atoms with E-state index in [9.17, 15) is 4.79 Å². The minimum Gasteiger partial charge on any atom is -0.292 e. The fraction of sp³-hybridized carbons (Fsp3) is 0.400. The van der Waals surface area contributed by atoms with Gasteiger partial charge in [0.25, 0.3) is 5.91 Å². The summed E-state index contributed by atoms with van der Waals surface area (Å²) in [4.78, 5) is 17.6. The van der Waals surface area contributed by atoms with Crippen LogP contribution in [0, 0.1) is 0 Å². The van der Waals surface area contributed by atoms with Crippen LogP contribution in [0.1, 0.15) is 20.3 Å². The summed E-state index contributed by atoms with van der Waals surface area (Å²) in [6.45, 7) is 4.68. The van der Waals surface area contributed by atoms with Crippen molar-refractivity contribution in [3.8, 4) is 0 Å². The fourth-order valence-corrected chi connectivity index (χ4v) is 1.68. The van der Waals surface area contributed by atoms with Gasteiger partial charge in [0.15, 0.2) is 0 Å². The average molecular weight is 176 g/mol. The molecule has 2 aliphatic heterocycles. The van der Waals surface area contributed by atoms with E-state index in [4.69, 9.17) is 0 Å². The van der Waals surface area contributed by atoms with Crippen molar-refractivity contribution < 1.29 is 4.79 Å². The number of fused-ring (bicyclic) bond motifs is 1. The number of carbonyl (C=O) groups excluding carboxylic acids is 1. The zero-order chi connectivity index (χ0) is 9.42. The standard InChI is InChI=1S/C10H12N2O/c1-3-6-12-9-8(4-5-11-9)7(2)10(12)13/h4-5H,3,6H2,1-2H3. The lowest BCUT2D eigenvalue weighted by Gasteiger charge is -2.15. The Kier molecular flexibility index (Phi) is 1.79. The molecule has 0 saturated carbocycles. The molecule has 0 aromatic carbocycles. The number of amides is 1. The first-order valence-electron chi connectivity index (χ1n) is 4.53. The van der Waals surface area contributed by atoms with Gasteiger partial charge < -0.3 is 0 Å². The highest BCUT2D eigenvalue weighted by Crippen LogP contribution is 2.26. The Balaban J connectivity index is 2.35. The van der Waals surface area contributed by atoms with E-state index in [2.05, 4.69) is 11.9 Å². The molecule has 0 atom stereocenters. The third-order valence-electron chi connectivity index (χ3n) is 2.35. The molecule has 0 spiro atoms. The second-order valence-corrected chi connectivity index (χ2v) is 3.26. The molecule has 0 fully saturated rings. The first-order chi connectivity index (χ1) is 6.25. The van der Waals surface area contributed by atoms with Crippen LogP contribution in [0.3, 0.4) is 0 Å². The highest BCUT2D eigenvalue weighted by atomic mass is 16.2. The van der Waals surface area contributed by atoms with E-state index in [0.29, 0.717) is 0 Å². The largest absolute Gasteiger partial charge is 0.292 e. The summed E-state index contributed by atoms with van der Waals surface area (Å²) in [5.41, 5.74) is 1.82. The van der Waals surface area contributed by atoms with Gasteiger partial charge in [-0.15, -0.1) is 0 Å². The smallest absolute Gasteiger partial charge is 0.255 e. The molecular formula is C10H12N2O. The van der Waals surface area contributed by atoms with Gasteiger partial charge in [0.05, 0.1) is 0 Å². The van der Waals surface area contributed by atoms with Gasteiger partial charge in [-0.1, -0.05) is 6.92 Å². The molecule has 0 unspecified atom stereocenters. The molecule has 3 nitrogen and oxygen atoms in total. The van der Waals surface area contributed by atoms with Gasteiger partial charge in [-0.25, -0.2) is 4.99 Å². The molecule has 0 aromatic heterocycles. The Morgan fingerprint density at radius 3 is 3.00 bits per heavy atom. The molecule has 0 aliphatic carbocycles. The van der Waals surface area contributed by atoms with E-state index in [1.807, 2.05) is 13.0 Å². The number of carbonyl (C=O) groups is 1. The van der Waals surface area contributed by atoms with Crippen LogP contribution in [0.2, 0.25) is 0 Å². The first kappa shape index (κ1) is 8.23. The third-order valence-corrected chi connectivity index (χ3v) is 2.35. The van der Waals surface area contributed by atoms with Gasteiger partial charge >= 0.3 is 0 Å². The number of amidine groups is 1. The summed E-state index contributed by atoms with van der Waals surface area (Å²) < 4.78 is 0. The number of hydrogen-bond donors (Lipinski definition) is 0. The van der Waals surface area contributed by atoms with E-state index < -0.39 is 0 Å². The normalized spacial score (nSPS) is 20.0. The van der Waals surface area contributed by atoms with Gasteiger partial charge in [-0.3, -0.25) is 9.69 Å². The molecule has 1 amide bonds. The van der Waals surface area contributed by atoms with Gasteiger partial charge in [0, 0.05) is 23.9 Å². The van der Waals surface area contributed by atoms with Crippen molar-refractivity contribution in [3.63, 3.8) is 0 Å². The molecule has 13 heavy (non-hydrogen) atoms. The molecular weight excluding hydrogens is 164 g/mol. The third kappa shape index (κ3) is 1.03. The summed E-state index contributed by atoms with van der Waals surface area (Å²) in [5, 5.41) is 0. The fourth-order valence-electron chi connectivity index (χ4n) is 1.68. The SMILES string of the molecule is CCCN1C(=O)C(C)=C2C=CN=C21. The first-order valence-corrected chi connectivity index (χ1v) is 4.53. The Hall–Kier alpha value is -1.38. The van der Waals surface area contributed by atoms with E-state index in [1.165, 1.54) is 0 Å². The number of aliphatic imine (C=N–C) groups is 1. The molecule has 0 aromatic rings. The Bertz CT molecular complexity index is 350. The number of hydrogen-bond acceptors (Lipinski definition) is 2. The van der Waals surface area contributed by atoms with Crippen LogP contribution in [-0.4, -0.2) is 23.2 Å². The molecule has 2 heterocycles. The minimum atomic E-state index is 0.111. The monoisotopic (exact) mass is 176 g/mol. The molecule has 2 rings (SSSR count). The van der Waals surface area contributed by atoms with Gasteiger partial charge in [0.2, 0.25) is 0 Å². The van der Waals surface area contributed by atoms with E-state index in [-0.39, 0.29) is 5.91 Å². The van der Waals surface area contributed by atoms with E-state index in [0.717, 1.165) is 29.9 Å². The molecule has 68 valence electrons. The Labute approximate surface area is 77.4 Å². The zero-order valence-corrected chi connectivity index (χ0v) is 7.87. The average Bonchev–Trinajstić information content (AvgIpc) is 2.66. The van der Waals surface area contributed by atoms with Crippen molar-refractivity contribution in [2.24, 2.45) is 4.99 Å². The topological polar surface area (TPSA) is 32.7 Å². The lowest BCUT2D eigenvalue weighted by atomic mass is 10.2. The van der Waals surface area contributed by atoms with Crippen LogP contribution in [0.25, 0.3) is 0 Å². The van der Waals surface area contributed by atoms with Crippen LogP contribution >= 0.6 is 0 Å². The van der Waals surface area contributed by atoms with Crippen LogP contribution in [-0.2, 0) is 4.79 Å². The number of rotatable bonds is 2. The maximum atomic E-state index is 11.7. The lowest BCUT2D eigenvalue weighted by Crippen LogP contribution is -2.31. The molecule has 0 bridgehead atoms. The van der Waals surface area contributed by atoms with Crippen LogP contribution in [0.5, 0.6) is 0 Å². The van der Waals surface area contributed by atoms with Crippen molar-refractivity contribution in [2.75, 3.05) is 6.54 Å². The summed E-state index contributed by atoms with van der Waals surface area (Å²) in [6.07, 6.45) is 4.62. The summed E-state index contributed by atoms with van der Waals surface area (Å²) >= 11 is 0. The maximum Gasteiger partial charge on any atom is 0.255 e. The Morgan fingerprint density at radius 1 is 1.54 bits per heavy atom. The molecule has 2 aliphatic rings. The van der Waals surface area contributed by atoms with Crippen molar-refractivity contribution in [1.29, 1.82) is 0 Å². The predicted octanol–water partition coefficient (Wildman–Crippen LogP) is 1.48. The van der Waals surface area contributed by atoms with Crippen molar-refractivity contribution in [2.45, 2.75) is 20.3 Å². The highest BCUT2D eigenvalue weighted by molar-refractivity contribution is 6.23. The van der Waals surface area contributed by atoms with E-state index in [1.54, 1.807) is 11.1 Å². The Morgan fingerprint density at radius 2 is 2.31 bits per heavy atom. The van der Waals surface area contributed by atoms with Crippen molar-refractivity contribution in [3.05, 3.63) is 23.4 Å². The second-order valence-electron chi connectivity index (χ2n) is 3.26. The van der Waals surface area contributed by atoms with E-state index >= 15 is 0 Å². The molecule has 0 saturated heterocycles. The minimum absolute atomic E-state index is 0.111. The highest BCUT2D eigenvalue weighted by Gasteiger charge is 2.33. The summed E-state index contributed by atoms with van der Waals surface area (Å²) in [6, 6.07) is 0.